The van der Waals surface area contributed by atoms with Crippen LogP contribution in [0.1, 0.15) is 62.2 Å². The predicted molar refractivity (Wildman–Crippen MR) is 118 cm³/mol. The minimum absolute atomic E-state index is 0.223. The standard InChI is InChI=1S/C23H29N5OS/c1-2-13-27-16-24-26-22(27)17-14-28(15-23(17)11-6-12-23)21(29)10-5-9-20-25-18-7-3-4-8-19(18)30-20/h3-4,7-8,16-17H,2,5-6,9-15H2,1H3. The number of likely N-dealkylation sites (tertiary alicyclic amines) is 1. The van der Waals surface area contributed by atoms with E-state index < -0.39 is 0 Å². The van der Waals surface area contributed by atoms with Crippen molar-refractivity contribution in [2.45, 2.75) is 64.3 Å². The van der Waals surface area contributed by atoms with Gasteiger partial charge in [0.05, 0.1) is 15.2 Å². The van der Waals surface area contributed by atoms with Crippen LogP contribution in [0, 0.1) is 5.41 Å². The first kappa shape index (κ1) is 19.7. The summed E-state index contributed by atoms with van der Waals surface area (Å²) in [6, 6.07) is 8.24. The van der Waals surface area contributed by atoms with Gasteiger partial charge in [0.15, 0.2) is 0 Å². The molecule has 158 valence electrons. The van der Waals surface area contributed by atoms with Crippen LogP contribution in [-0.4, -0.2) is 43.6 Å². The van der Waals surface area contributed by atoms with E-state index in [-0.39, 0.29) is 11.3 Å². The number of amides is 1. The Hall–Kier alpha value is -2.28. The van der Waals surface area contributed by atoms with Crippen LogP contribution in [0.4, 0.5) is 0 Å². The van der Waals surface area contributed by atoms with Crippen LogP contribution in [0.2, 0.25) is 0 Å². The molecule has 1 spiro atoms. The number of hydrogen-bond donors (Lipinski definition) is 0. The quantitative estimate of drug-likeness (QED) is 0.564. The highest BCUT2D eigenvalue weighted by molar-refractivity contribution is 7.18. The first-order valence-corrected chi connectivity index (χ1v) is 12.0. The lowest BCUT2D eigenvalue weighted by molar-refractivity contribution is -0.130. The molecule has 0 radical (unpaired) electrons. The Balaban J connectivity index is 1.22. The molecule has 1 aromatic carbocycles. The summed E-state index contributed by atoms with van der Waals surface area (Å²) in [5.41, 5.74) is 1.29. The number of fused-ring (bicyclic) bond motifs is 1. The molecule has 30 heavy (non-hydrogen) atoms. The molecule has 1 unspecified atom stereocenters. The summed E-state index contributed by atoms with van der Waals surface area (Å²) >= 11 is 1.74. The largest absolute Gasteiger partial charge is 0.341 e. The van der Waals surface area contributed by atoms with E-state index in [0.717, 1.165) is 55.2 Å². The summed E-state index contributed by atoms with van der Waals surface area (Å²) in [4.78, 5) is 19.8. The summed E-state index contributed by atoms with van der Waals surface area (Å²) < 4.78 is 3.43. The van der Waals surface area contributed by atoms with Crippen molar-refractivity contribution in [3.63, 3.8) is 0 Å². The van der Waals surface area contributed by atoms with Crippen LogP contribution in [0.3, 0.4) is 0 Å². The van der Waals surface area contributed by atoms with Crippen LogP contribution in [0.15, 0.2) is 30.6 Å². The third-order valence-corrected chi connectivity index (χ3v) is 7.99. The fraction of sp³-hybridized carbons (Fsp3) is 0.565. The molecule has 3 aromatic rings. The summed E-state index contributed by atoms with van der Waals surface area (Å²) in [7, 11) is 0. The van der Waals surface area contributed by atoms with Gasteiger partial charge >= 0.3 is 0 Å². The van der Waals surface area contributed by atoms with E-state index >= 15 is 0 Å². The van der Waals surface area contributed by atoms with Crippen LogP contribution in [0.5, 0.6) is 0 Å². The minimum atomic E-state index is 0.223. The molecule has 1 amide bonds. The molecule has 0 N–H and O–H groups in total. The van der Waals surface area contributed by atoms with Crippen LogP contribution < -0.4 is 0 Å². The summed E-state index contributed by atoms with van der Waals surface area (Å²) in [5.74, 6) is 1.70. The molecule has 6 nitrogen and oxygen atoms in total. The fourth-order valence-corrected chi connectivity index (χ4v) is 6.18. The first-order valence-electron chi connectivity index (χ1n) is 11.2. The lowest BCUT2D eigenvalue weighted by atomic mass is 9.62. The predicted octanol–water partition coefficient (Wildman–Crippen LogP) is 4.42. The number of carbonyl (C=O) groups is 1. The second-order valence-corrected chi connectivity index (χ2v) is 9.97. The van der Waals surface area contributed by atoms with Gasteiger partial charge < -0.3 is 9.47 Å². The molecule has 3 heterocycles. The number of aryl methyl sites for hydroxylation is 2. The van der Waals surface area contributed by atoms with E-state index in [9.17, 15) is 4.79 Å². The second-order valence-electron chi connectivity index (χ2n) is 8.85. The van der Waals surface area contributed by atoms with Crippen molar-refractivity contribution in [2.75, 3.05) is 13.1 Å². The smallest absolute Gasteiger partial charge is 0.222 e. The normalized spacial score (nSPS) is 20.2. The molecule has 2 aliphatic rings. The van der Waals surface area contributed by atoms with E-state index in [4.69, 9.17) is 4.98 Å². The van der Waals surface area contributed by atoms with Crippen molar-refractivity contribution in [3.8, 4) is 0 Å². The maximum absolute atomic E-state index is 13.0. The number of thiazole rings is 1. The Labute approximate surface area is 181 Å². The van der Waals surface area contributed by atoms with Gasteiger partial charge in [-0.2, -0.15) is 0 Å². The van der Waals surface area contributed by atoms with Crippen LogP contribution in [-0.2, 0) is 17.8 Å². The number of rotatable bonds is 7. The van der Waals surface area contributed by atoms with Crippen molar-refractivity contribution in [3.05, 3.63) is 41.4 Å². The molecular formula is C23H29N5OS. The van der Waals surface area contributed by atoms with Gasteiger partial charge in [-0.15, -0.1) is 21.5 Å². The molecule has 5 rings (SSSR count). The van der Waals surface area contributed by atoms with Gasteiger partial charge in [-0.25, -0.2) is 4.98 Å². The number of benzene rings is 1. The van der Waals surface area contributed by atoms with Gasteiger partial charge in [0.2, 0.25) is 5.91 Å². The van der Waals surface area contributed by atoms with Crippen molar-refractivity contribution >= 4 is 27.5 Å². The number of nitrogens with zero attached hydrogens (tertiary/aromatic N) is 5. The van der Waals surface area contributed by atoms with Gasteiger partial charge in [-0.3, -0.25) is 4.79 Å². The topological polar surface area (TPSA) is 63.9 Å². The van der Waals surface area contributed by atoms with Gasteiger partial charge in [0, 0.05) is 32.0 Å². The fourth-order valence-electron chi connectivity index (χ4n) is 5.17. The Bertz CT molecular complexity index is 1000. The zero-order valence-corrected chi connectivity index (χ0v) is 18.4. The first-order chi connectivity index (χ1) is 14.7. The zero-order valence-electron chi connectivity index (χ0n) is 17.6. The highest BCUT2D eigenvalue weighted by atomic mass is 32.1. The number of carbonyl (C=O) groups excluding carboxylic acids is 1. The van der Waals surface area contributed by atoms with Gasteiger partial charge in [-0.1, -0.05) is 25.5 Å². The van der Waals surface area contributed by atoms with Gasteiger partial charge in [0.1, 0.15) is 12.2 Å². The zero-order chi connectivity index (χ0) is 20.6. The van der Waals surface area contributed by atoms with Crippen molar-refractivity contribution < 1.29 is 4.79 Å². The monoisotopic (exact) mass is 423 g/mol. The van der Waals surface area contributed by atoms with Crippen LogP contribution >= 0.6 is 11.3 Å². The molecule has 7 heteroatoms. The number of para-hydroxylation sites is 1. The van der Waals surface area contributed by atoms with Crippen molar-refractivity contribution in [1.82, 2.24) is 24.6 Å². The minimum Gasteiger partial charge on any atom is -0.341 e. The molecule has 2 fully saturated rings. The molecule has 2 aromatic heterocycles. The highest BCUT2D eigenvalue weighted by Gasteiger charge is 2.53. The van der Waals surface area contributed by atoms with Crippen molar-refractivity contribution in [1.29, 1.82) is 0 Å². The maximum atomic E-state index is 13.0. The third-order valence-electron chi connectivity index (χ3n) is 6.89. The lowest BCUT2D eigenvalue weighted by Gasteiger charge is -2.42. The molecule has 1 aliphatic heterocycles. The molecule has 1 saturated carbocycles. The van der Waals surface area contributed by atoms with Crippen LogP contribution in [0.25, 0.3) is 10.2 Å². The lowest BCUT2D eigenvalue weighted by Crippen LogP contribution is -2.38. The van der Waals surface area contributed by atoms with Crippen molar-refractivity contribution in [2.24, 2.45) is 5.41 Å². The van der Waals surface area contributed by atoms with Gasteiger partial charge in [0.25, 0.3) is 0 Å². The summed E-state index contributed by atoms with van der Waals surface area (Å²) in [6.45, 7) is 4.81. The molecule has 1 saturated heterocycles. The maximum Gasteiger partial charge on any atom is 0.222 e. The van der Waals surface area contributed by atoms with E-state index in [1.54, 1.807) is 11.3 Å². The number of hydrogen-bond acceptors (Lipinski definition) is 5. The molecular weight excluding hydrogens is 394 g/mol. The Kier molecular flexibility index (Phi) is 5.31. The average molecular weight is 424 g/mol. The highest BCUT2D eigenvalue weighted by Crippen LogP contribution is 2.55. The molecule has 1 atom stereocenters. The third kappa shape index (κ3) is 3.53. The van der Waals surface area contributed by atoms with Gasteiger partial charge in [-0.05, 0) is 49.7 Å². The average Bonchev–Trinajstić information content (AvgIpc) is 3.43. The second kappa shape index (κ2) is 8.10. The summed E-state index contributed by atoms with van der Waals surface area (Å²) in [6.07, 6.45) is 8.92. The SMILES string of the molecule is CCCn1cnnc1C1CN(C(=O)CCCc2nc3ccccc3s2)CC12CCC2. The van der Waals surface area contributed by atoms with E-state index in [0.29, 0.717) is 12.3 Å². The van der Waals surface area contributed by atoms with E-state index in [1.165, 1.54) is 24.0 Å². The number of aromatic nitrogens is 4. The summed E-state index contributed by atoms with van der Waals surface area (Å²) in [5, 5.41) is 9.79. The molecule has 0 bridgehead atoms. The van der Waals surface area contributed by atoms with E-state index in [1.807, 2.05) is 12.4 Å². The Morgan fingerprint density at radius 3 is 2.93 bits per heavy atom. The van der Waals surface area contributed by atoms with E-state index in [2.05, 4.69) is 44.8 Å². The molecule has 1 aliphatic carbocycles. The Morgan fingerprint density at radius 1 is 1.30 bits per heavy atom. The Morgan fingerprint density at radius 2 is 2.17 bits per heavy atom.